The van der Waals surface area contributed by atoms with E-state index in [1.807, 2.05) is 54.6 Å². The molecule has 0 unspecified atom stereocenters. The van der Waals surface area contributed by atoms with E-state index in [9.17, 15) is 4.79 Å². The molecule has 2 aromatic carbocycles. The van der Waals surface area contributed by atoms with Gasteiger partial charge in [0.05, 0.1) is 11.2 Å². The molecule has 0 radical (unpaired) electrons. The lowest BCUT2D eigenvalue weighted by Crippen LogP contribution is -2.13. The zero-order valence-electron chi connectivity index (χ0n) is 12.6. The maximum atomic E-state index is 11.8. The van der Waals surface area contributed by atoms with Gasteiger partial charge >= 0.3 is 0 Å². The summed E-state index contributed by atoms with van der Waals surface area (Å²) in [5.74, 6) is 0.346. The molecule has 1 amide bonds. The van der Waals surface area contributed by atoms with E-state index in [2.05, 4.69) is 15.6 Å². The Balaban J connectivity index is 1.53. The molecule has 0 saturated heterocycles. The molecule has 0 aliphatic heterocycles. The summed E-state index contributed by atoms with van der Waals surface area (Å²) in [6, 6.07) is 17.8. The zero-order chi connectivity index (χ0) is 15.6. The standard InChI is InChI=1S/C19H17N3O/c23-19(14-6-7-14)22-16-10-8-15(9-11-16)21-17-5-1-3-13-4-2-12-20-18(13)17/h1-5,8-12,14,21H,6-7H2,(H,22,23). The summed E-state index contributed by atoms with van der Waals surface area (Å²) in [6.07, 6.45) is 3.82. The van der Waals surface area contributed by atoms with Crippen LogP contribution >= 0.6 is 0 Å². The average molecular weight is 303 g/mol. The van der Waals surface area contributed by atoms with Crippen LogP contribution in [-0.2, 0) is 4.79 Å². The molecule has 1 fully saturated rings. The molecule has 4 heteroatoms. The highest BCUT2D eigenvalue weighted by Gasteiger charge is 2.29. The zero-order valence-corrected chi connectivity index (χ0v) is 12.6. The molecular weight excluding hydrogens is 286 g/mol. The summed E-state index contributed by atoms with van der Waals surface area (Å²) < 4.78 is 0. The van der Waals surface area contributed by atoms with E-state index >= 15 is 0 Å². The number of fused-ring (bicyclic) bond motifs is 1. The second kappa shape index (κ2) is 5.72. The number of para-hydroxylation sites is 1. The van der Waals surface area contributed by atoms with Crippen LogP contribution < -0.4 is 10.6 Å². The highest BCUT2D eigenvalue weighted by atomic mass is 16.2. The fourth-order valence-electron chi connectivity index (χ4n) is 2.59. The molecule has 114 valence electrons. The molecule has 0 bridgehead atoms. The van der Waals surface area contributed by atoms with Crippen LogP contribution in [0, 0.1) is 5.92 Å². The largest absolute Gasteiger partial charge is 0.354 e. The number of hydrogen-bond donors (Lipinski definition) is 2. The average Bonchev–Trinajstić information content (AvgIpc) is 3.42. The van der Waals surface area contributed by atoms with Crippen LogP contribution in [0.4, 0.5) is 17.1 Å². The molecule has 1 aliphatic carbocycles. The van der Waals surface area contributed by atoms with Crippen LogP contribution in [0.15, 0.2) is 60.8 Å². The lowest BCUT2D eigenvalue weighted by Gasteiger charge is -2.10. The Morgan fingerprint density at radius 2 is 1.70 bits per heavy atom. The molecule has 4 nitrogen and oxygen atoms in total. The van der Waals surface area contributed by atoms with Crippen molar-refractivity contribution < 1.29 is 4.79 Å². The van der Waals surface area contributed by atoms with Crippen molar-refractivity contribution in [1.82, 2.24) is 4.98 Å². The van der Waals surface area contributed by atoms with Crippen LogP contribution in [0.1, 0.15) is 12.8 Å². The van der Waals surface area contributed by atoms with Gasteiger partial charge in [-0.05, 0) is 49.2 Å². The van der Waals surface area contributed by atoms with Crippen LogP contribution in [-0.4, -0.2) is 10.9 Å². The van der Waals surface area contributed by atoms with E-state index in [1.165, 1.54) is 0 Å². The third kappa shape index (κ3) is 3.01. The topological polar surface area (TPSA) is 54.0 Å². The number of hydrogen-bond acceptors (Lipinski definition) is 3. The predicted molar refractivity (Wildman–Crippen MR) is 92.8 cm³/mol. The highest BCUT2D eigenvalue weighted by Crippen LogP contribution is 2.30. The normalized spacial score (nSPS) is 13.7. The first kappa shape index (κ1) is 13.8. The molecule has 0 atom stereocenters. The van der Waals surface area contributed by atoms with Crippen molar-refractivity contribution in [3.8, 4) is 0 Å². The molecule has 23 heavy (non-hydrogen) atoms. The van der Waals surface area contributed by atoms with Gasteiger partial charge in [-0.25, -0.2) is 0 Å². The highest BCUT2D eigenvalue weighted by molar-refractivity contribution is 5.94. The predicted octanol–water partition coefficient (Wildman–Crippen LogP) is 4.33. The van der Waals surface area contributed by atoms with Gasteiger partial charge in [0.15, 0.2) is 0 Å². The molecule has 3 aromatic rings. The van der Waals surface area contributed by atoms with Crippen molar-refractivity contribution in [1.29, 1.82) is 0 Å². The number of carbonyl (C=O) groups excluding carboxylic acids is 1. The monoisotopic (exact) mass is 303 g/mol. The number of nitrogens with one attached hydrogen (secondary N) is 2. The van der Waals surface area contributed by atoms with Gasteiger partial charge in [-0.15, -0.1) is 0 Å². The summed E-state index contributed by atoms with van der Waals surface area (Å²) in [5.41, 5.74) is 3.72. The van der Waals surface area contributed by atoms with Gasteiger partial charge in [0.25, 0.3) is 0 Å². The van der Waals surface area contributed by atoms with Gasteiger partial charge in [0, 0.05) is 28.9 Å². The van der Waals surface area contributed by atoms with E-state index in [0.29, 0.717) is 0 Å². The van der Waals surface area contributed by atoms with Gasteiger partial charge in [-0.3, -0.25) is 9.78 Å². The smallest absolute Gasteiger partial charge is 0.227 e. The minimum Gasteiger partial charge on any atom is -0.354 e. The fraction of sp³-hybridized carbons (Fsp3) is 0.158. The SMILES string of the molecule is O=C(Nc1ccc(Nc2cccc3cccnc23)cc1)C1CC1. The molecule has 1 saturated carbocycles. The summed E-state index contributed by atoms with van der Waals surface area (Å²) >= 11 is 0. The summed E-state index contributed by atoms with van der Waals surface area (Å²) in [4.78, 5) is 16.2. The van der Waals surface area contributed by atoms with Gasteiger partial charge in [-0.1, -0.05) is 18.2 Å². The quantitative estimate of drug-likeness (QED) is 0.754. The Morgan fingerprint density at radius 3 is 2.48 bits per heavy atom. The molecular formula is C19H17N3O. The summed E-state index contributed by atoms with van der Waals surface area (Å²) in [5, 5.41) is 7.44. The lowest BCUT2D eigenvalue weighted by molar-refractivity contribution is -0.117. The van der Waals surface area contributed by atoms with E-state index in [1.54, 1.807) is 6.20 Å². The van der Waals surface area contributed by atoms with Crippen molar-refractivity contribution in [2.75, 3.05) is 10.6 Å². The van der Waals surface area contributed by atoms with Gasteiger partial charge < -0.3 is 10.6 Å². The maximum Gasteiger partial charge on any atom is 0.227 e. The first-order valence-corrected chi connectivity index (χ1v) is 7.81. The van der Waals surface area contributed by atoms with Crippen molar-refractivity contribution >= 4 is 33.9 Å². The Morgan fingerprint density at radius 1 is 0.957 bits per heavy atom. The molecule has 1 aromatic heterocycles. The van der Waals surface area contributed by atoms with Gasteiger partial charge in [-0.2, -0.15) is 0 Å². The van der Waals surface area contributed by atoms with Crippen LogP contribution in [0.5, 0.6) is 0 Å². The Kier molecular flexibility index (Phi) is 3.42. The van der Waals surface area contributed by atoms with Gasteiger partial charge in [0.2, 0.25) is 5.91 Å². The molecule has 0 spiro atoms. The minimum absolute atomic E-state index is 0.129. The van der Waals surface area contributed by atoms with Crippen LogP contribution in [0.3, 0.4) is 0 Å². The molecule has 2 N–H and O–H groups in total. The van der Waals surface area contributed by atoms with Crippen molar-refractivity contribution in [3.05, 3.63) is 60.8 Å². The van der Waals surface area contributed by atoms with E-state index in [0.717, 1.165) is 40.8 Å². The number of pyridine rings is 1. The minimum atomic E-state index is 0.129. The molecule has 1 aliphatic rings. The number of benzene rings is 2. The molecule has 1 heterocycles. The third-order valence-corrected chi connectivity index (χ3v) is 4.01. The van der Waals surface area contributed by atoms with E-state index in [4.69, 9.17) is 0 Å². The lowest BCUT2D eigenvalue weighted by atomic mass is 10.2. The third-order valence-electron chi connectivity index (χ3n) is 4.01. The van der Waals surface area contributed by atoms with Gasteiger partial charge in [0.1, 0.15) is 0 Å². The Labute approximate surface area is 134 Å². The maximum absolute atomic E-state index is 11.8. The van der Waals surface area contributed by atoms with E-state index in [-0.39, 0.29) is 11.8 Å². The number of carbonyl (C=O) groups is 1. The number of aromatic nitrogens is 1. The Hall–Kier alpha value is -2.88. The van der Waals surface area contributed by atoms with Crippen LogP contribution in [0.25, 0.3) is 10.9 Å². The van der Waals surface area contributed by atoms with Crippen molar-refractivity contribution in [2.45, 2.75) is 12.8 Å². The number of rotatable bonds is 4. The van der Waals surface area contributed by atoms with Crippen LogP contribution in [0.2, 0.25) is 0 Å². The second-order valence-corrected chi connectivity index (χ2v) is 5.85. The van der Waals surface area contributed by atoms with Crippen molar-refractivity contribution in [3.63, 3.8) is 0 Å². The fourth-order valence-corrected chi connectivity index (χ4v) is 2.59. The number of nitrogens with zero attached hydrogens (tertiary/aromatic N) is 1. The first-order valence-electron chi connectivity index (χ1n) is 7.81. The van der Waals surface area contributed by atoms with Crippen molar-refractivity contribution in [2.24, 2.45) is 5.92 Å². The van der Waals surface area contributed by atoms with E-state index < -0.39 is 0 Å². The summed E-state index contributed by atoms with van der Waals surface area (Å²) in [6.45, 7) is 0. The second-order valence-electron chi connectivity index (χ2n) is 5.85. The molecule has 4 rings (SSSR count). The Bertz CT molecular complexity index is 849. The first-order chi connectivity index (χ1) is 11.3. The summed E-state index contributed by atoms with van der Waals surface area (Å²) in [7, 11) is 0. The number of amides is 1. The number of anilines is 3.